The molecular formula is C28H25ClN6O4. The molecule has 3 aliphatic heterocycles. The van der Waals surface area contributed by atoms with Crippen molar-refractivity contribution in [3.63, 3.8) is 0 Å². The van der Waals surface area contributed by atoms with Gasteiger partial charge in [0.1, 0.15) is 5.65 Å². The molecule has 1 aromatic carbocycles. The summed E-state index contributed by atoms with van der Waals surface area (Å²) in [4.78, 5) is 47.8. The molecule has 4 aromatic rings. The van der Waals surface area contributed by atoms with E-state index in [2.05, 4.69) is 14.9 Å². The Morgan fingerprint density at radius 3 is 2.62 bits per heavy atom. The second-order valence-corrected chi connectivity index (χ2v) is 10.4. The van der Waals surface area contributed by atoms with E-state index in [1.165, 1.54) is 0 Å². The Bertz CT molecular complexity index is 1710. The van der Waals surface area contributed by atoms with Crippen LogP contribution in [0.4, 0.5) is 4.79 Å². The third kappa shape index (κ3) is 3.90. The molecule has 11 heteroatoms. The predicted molar refractivity (Wildman–Crippen MR) is 145 cm³/mol. The number of carbonyl (C=O) groups is 3. The van der Waals surface area contributed by atoms with Crippen LogP contribution >= 0.6 is 11.6 Å². The topological polar surface area (TPSA) is 101 Å². The molecule has 0 atom stereocenters. The average Bonchev–Trinajstić information content (AvgIpc) is 3.59. The SMILES string of the molecule is O=C1NC(=O)C(c2cnc3ccccn23)=C1c1cn2c3c(cc(Cl)cc13)CCN(C(=O)N1CCOCC1)CC2. The van der Waals surface area contributed by atoms with Crippen molar-refractivity contribution in [2.45, 2.75) is 13.0 Å². The van der Waals surface area contributed by atoms with E-state index in [-0.39, 0.29) is 11.6 Å². The van der Waals surface area contributed by atoms with E-state index in [9.17, 15) is 14.4 Å². The van der Waals surface area contributed by atoms with Gasteiger partial charge in [-0.05, 0) is 36.2 Å². The molecule has 39 heavy (non-hydrogen) atoms. The highest BCUT2D eigenvalue weighted by Gasteiger charge is 2.36. The van der Waals surface area contributed by atoms with Crippen molar-refractivity contribution < 1.29 is 19.1 Å². The standard InChI is InChI=1S/C28H25ClN6O4/c29-18-13-17-4-6-32(28(38)33-9-11-39-12-10-33)7-8-34-16-20(19(14-18)25(17)34)23-24(27(37)31-26(23)36)21-15-30-22-3-1-2-5-35(21)22/h1-3,5,13-16H,4,6-12H2,(H,31,36,37). The van der Waals surface area contributed by atoms with Gasteiger partial charge in [0.2, 0.25) is 0 Å². The zero-order chi connectivity index (χ0) is 26.7. The highest BCUT2D eigenvalue weighted by Crippen LogP contribution is 2.39. The summed E-state index contributed by atoms with van der Waals surface area (Å²) in [6, 6.07) is 9.34. The average molecular weight is 545 g/mol. The predicted octanol–water partition coefficient (Wildman–Crippen LogP) is 2.82. The highest BCUT2D eigenvalue weighted by molar-refractivity contribution is 6.50. The van der Waals surface area contributed by atoms with Crippen LogP contribution in [0.1, 0.15) is 16.8 Å². The second-order valence-electron chi connectivity index (χ2n) is 9.92. The lowest BCUT2D eigenvalue weighted by atomic mass is 9.97. The number of nitrogens with one attached hydrogen (secondary N) is 1. The largest absolute Gasteiger partial charge is 0.378 e. The number of pyridine rings is 1. The molecule has 3 aliphatic rings. The van der Waals surface area contributed by atoms with Crippen LogP contribution in [0, 0.1) is 0 Å². The third-order valence-corrected chi connectivity index (χ3v) is 7.92. The number of imide groups is 1. The van der Waals surface area contributed by atoms with Gasteiger partial charge in [-0.15, -0.1) is 0 Å². The first-order chi connectivity index (χ1) is 19.0. The monoisotopic (exact) mass is 544 g/mol. The molecule has 0 spiro atoms. The van der Waals surface area contributed by atoms with Gasteiger partial charge < -0.3 is 19.1 Å². The Balaban J connectivity index is 1.35. The number of amides is 4. The number of benzene rings is 1. The zero-order valence-electron chi connectivity index (χ0n) is 21.0. The number of imidazole rings is 1. The smallest absolute Gasteiger partial charge is 0.320 e. The lowest BCUT2D eigenvalue weighted by molar-refractivity contribution is -0.122. The van der Waals surface area contributed by atoms with Crippen molar-refractivity contribution in [3.8, 4) is 0 Å². The van der Waals surface area contributed by atoms with Gasteiger partial charge in [-0.1, -0.05) is 17.7 Å². The zero-order valence-corrected chi connectivity index (χ0v) is 21.8. The van der Waals surface area contributed by atoms with Crippen molar-refractivity contribution in [2.75, 3.05) is 39.4 Å². The van der Waals surface area contributed by atoms with E-state index in [0.29, 0.717) is 79.9 Å². The van der Waals surface area contributed by atoms with Crippen molar-refractivity contribution in [1.29, 1.82) is 0 Å². The fraction of sp³-hybridized carbons (Fsp3) is 0.286. The lowest BCUT2D eigenvalue weighted by Gasteiger charge is -2.34. The van der Waals surface area contributed by atoms with Gasteiger partial charge in [0.25, 0.3) is 11.8 Å². The van der Waals surface area contributed by atoms with Crippen LogP contribution in [0.25, 0.3) is 27.7 Å². The Labute approximate surface area is 228 Å². The number of hydrogen-bond acceptors (Lipinski definition) is 5. The van der Waals surface area contributed by atoms with Crippen LogP contribution in [0.15, 0.2) is 48.9 Å². The first-order valence-electron chi connectivity index (χ1n) is 13.0. The normalized spacial score (nSPS) is 18.2. The quantitative estimate of drug-likeness (QED) is 0.391. The maximum absolute atomic E-state index is 13.3. The Morgan fingerprint density at radius 2 is 1.77 bits per heavy atom. The van der Waals surface area contributed by atoms with Gasteiger partial charge in [-0.25, -0.2) is 9.78 Å². The minimum absolute atomic E-state index is 0.00535. The minimum atomic E-state index is -0.463. The van der Waals surface area contributed by atoms with E-state index in [0.717, 1.165) is 16.5 Å². The molecule has 1 N–H and O–H groups in total. The molecule has 10 nitrogen and oxygen atoms in total. The maximum Gasteiger partial charge on any atom is 0.320 e. The first kappa shape index (κ1) is 23.9. The van der Waals surface area contributed by atoms with Crippen LogP contribution in [0.3, 0.4) is 0 Å². The molecule has 7 rings (SSSR count). The fourth-order valence-electron chi connectivity index (χ4n) is 5.87. The van der Waals surface area contributed by atoms with Crippen LogP contribution in [0.2, 0.25) is 5.02 Å². The van der Waals surface area contributed by atoms with Gasteiger partial charge >= 0.3 is 6.03 Å². The van der Waals surface area contributed by atoms with Gasteiger partial charge in [0.15, 0.2) is 0 Å². The number of halogens is 1. The summed E-state index contributed by atoms with van der Waals surface area (Å²) >= 11 is 6.60. The summed E-state index contributed by atoms with van der Waals surface area (Å²) in [6.07, 6.45) is 5.95. The number of carbonyl (C=O) groups excluding carboxylic acids is 3. The molecule has 0 aliphatic carbocycles. The third-order valence-electron chi connectivity index (χ3n) is 7.70. The summed E-state index contributed by atoms with van der Waals surface area (Å²) in [5.74, 6) is -0.921. The van der Waals surface area contributed by atoms with Gasteiger partial charge in [-0.2, -0.15) is 0 Å². The number of nitrogens with zero attached hydrogens (tertiary/aromatic N) is 5. The molecule has 1 fully saturated rings. The van der Waals surface area contributed by atoms with Gasteiger partial charge in [-0.3, -0.25) is 19.3 Å². The van der Waals surface area contributed by atoms with E-state index in [4.69, 9.17) is 16.3 Å². The summed E-state index contributed by atoms with van der Waals surface area (Å²) in [5, 5.41) is 3.82. The van der Waals surface area contributed by atoms with Gasteiger partial charge in [0.05, 0.1) is 41.8 Å². The molecule has 3 aromatic heterocycles. The van der Waals surface area contributed by atoms with Crippen molar-refractivity contribution in [2.24, 2.45) is 0 Å². The number of hydrogen-bond donors (Lipinski definition) is 1. The van der Waals surface area contributed by atoms with E-state index in [1.807, 2.05) is 52.5 Å². The second kappa shape index (κ2) is 9.25. The Kier molecular flexibility index (Phi) is 5.67. The van der Waals surface area contributed by atoms with Crippen LogP contribution in [0.5, 0.6) is 0 Å². The summed E-state index contributed by atoms with van der Waals surface area (Å²) in [6.45, 7) is 3.87. The number of ether oxygens (including phenoxy) is 1. The van der Waals surface area contributed by atoms with Crippen molar-refractivity contribution in [1.82, 2.24) is 29.1 Å². The Morgan fingerprint density at radius 1 is 0.974 bits per heavy atom. The molecule has 0 unspecified atom stereocenters. The number of urea groups is 1. The summed E-state index contributed by atoms with van der Waals surface area (Å²) in [5.41, 5.74) is 4.37. The summed E-state index contributed by atoms with van der Waals surface area (Å²) < 4.78 is 9.28. The lowest BCUT2D eigenvalue weighted by Crippen LogP contribution is -2.49. The van der Waals surface area contributed by atoms with E-state index < -0.39 is 11.8 Å². The van der Waals surface area contributed by atoms with E-state index in [1.54, 1.807) is 10.6 Å². The summed E-state index contributed by atoms with van der Waals surface area (Å²) in [7, 11) is 0. The number of aromatic nitrogens is 3. The van der Waals surface area contributed by atoms with Crippen molar-refractivity contribution >= 4 is 57.1 Å². The molecule has 1 saturated heterocycles. The molecule has 0 bridgehead atoms. The molecule has 6 heterocycles. The molecular weight excluding hydrogens is 520 g/mol. The van der Waals surface area contributed by atoms with Crippen molar-refractivity contribution in [3.05, 3.63) is 70.8 Å². The van der Waals surface area contributed by atoms with Crippen LogP contribution in [-0.4, -0.2) is 81.0 Å². The van der Waals surface area contributed by atoms with E-state index >= 15 is 0 Å². The highest BCUT2D eigenvalue weighted by atomic mass is 35.5. The Hall–Kier alpha value is -4.15. The number of rotatable bonds is 2. The first-order valence-corrected chi connectivity index (χ1v) is 13.3. The molecule has 0 radical (unpaired) electrons. The van der Waals surface area contributed by atoms with Gasteiger partial charge in [0, 0.05) is 61.1 Å². The number of morpholine rings is 1. The molecule has 4 amide bonds. The number of fused-ring (bicyclic) bond motifs is 1. The fourth-order valence-corrected chi connectivity index (χ4v) is 6.11. The molecule has 198 valence electrons. The maximum atomic E-state index is 13.3. The minimum Gasteiger partial charge on any atom is -0.378 e. The molecule has 0 saturated carbocycles. The van der Waals surface area contributed by atoms with Crippen LogP contribution < -0.4 is 5.32 Å². The van der Waals surface area contributed by atoms with Crippen LogP contribution in [-0.2, 0) is 27.3 Å².